The van der Waals surface area contributed by atoms with Gasteiger partial charge in [-0.2, -0.15) is 4.98 Å². The van der Waals surface area contributed by atoms with Crippen LogP contribution >= 0.6 is 23.2 Å². The molecule has 0 aliphatic heterocycles. The van der Waals surface area contributed by atoms with Crippen LogP contribution in [-0.2, 0) is 12.5 Å². The molecule has 1 N–H and O–H groups in total. The van der Waals surface area contributed by atoms with E-state index in [2.05, 4.69) is 48.2 Å². The van der Waals surface area contributed by atoms with Crippen molar-refractivity contribution in [3.05, 3.63) is 80.7 Å². The average Bonchev–Trinajstić information content (AvgIpc) is 2.71. The molecule has 2 heterocycles. The van der Waals surface area contributed by atoms with Crippen molar-refractivity contribution in [1.29, 1.82) is 0 Å². The van der Waals surface area contributed by atoms with E-state index in [1.165, 1.54) is 10.1 Å². The number of anilines is 2. The van der Waals surface area contributed by atoms with Crippen molar-refractivity contribution in [2.45, 2.75) is 26.2 Å². The summed E-state index contributed by atoms with van der Waals surface area (Å²) in [7, 11) is 1.68. The molecule has 158 valence electrons. The van der Waals surface area contributed by atoms with Crippen LogP contribution in [0, 0.1) is 0 Å². The van der Waals surface area contributed by atoms with E-state index in [0.29, 0.717) is 38.2 Å². The Morgan fingerprint density at radius 1 is 1.00 bits per heavy atom. The number of hydrogen-bond acceptors (Lipinski definition) is 4. The monoisotopic (exact) mass is 452 g/mol. The van der Waals surface area contributed by atoms with E-state index in [4.69, 9.17) is 23.2 Å². The smallest absolute Gasteiger partial charge is 0.259 e. The maximum atomic E-state index is 13.1. The average molecular weight is 453 g/mol. The van der Waals surface area contributed by atoms with Gasteiger partial charge < -0.3 is 5.32 Å². The molecule has 0 aliphatic carbocycles. The van der Waals surface area contributed by atoms with Gasteiger partial charge in [-0.15, -0.1) is 0 Å². The molecular formula is C24H22Cl2N4O. The minimum absolute atomic E-state index is 0.0300. The highest BCUT2D eigenvalue weighted by Gasteiger charge is 2.17. The molecule has 2 aromatic heterocycles. The van der Waals surface area contributed by atoms with Gasteiger partial charge in [0.1, 0.15) is 5.65 Å². The van der Waals surface area contributed by atoms with Gasteiger partial charge in [0.05, 0.1) is 15.6 Å². The molecule has 0 atom stereocenters. The Balaban J connectivity index is 1.78. The molecule has 2 aromatic carbocycles. The first-order chi connectivity index (χ1) is 14.6. The van der Waals surface area contributed by atoms with Crippen LogP contribution in [0.5, 0.6) is 0 Å². The molecule has 0 saturated carbocycles. The Morgan fingerprint density at radius 3 is 2.35 bits per heavy atom. The predicted molar refractivity (Wildman–Crippen MR) is 129 cm³/mol. The molecule has 31 heavy (non-hydrogen) atoms. The summed E-state index contributed by atoms with van der Waals surface area (Å²) in [5, 5.41) is 4.79. The van der Waals surface area contributed by atoms with Crippen molar-refractivity contribution < 1.29 is 0 Å². The van der Waals surface area contributed by atoms with Gasteiger partial charge in [0.15, 0.2) is 0 Å². The third kappa shape index (κ3) is 4.16. The Hall–Kier alpha value is -2.89. The minimum Gasteiger partial charge on any atom is -0.324 e. The van der Waals surface area contributed by atoms with E-state index < -0.39 is 0 Å². The van der Waals surface area contributed by atoms with Crippen LogP contribution in [0.2, 0.25) is 10.0 Å². The SMILES string of the molecule is Cn1c(=O)c(-c2c(Cl)cccc2Cl)cc2cnc(Nc3cccc(C(C)(C)C)c3)nc21. The van der Waals surface area contributed by atoms with Crippen LogP contribution in [-0.4, -0.2) is 14.5 Å². The zero-order chi connectivity index (χ0) is 22.3. The second kappa shape index (κ2) is 7.98. The van der Waals surface area contributed by atoms with Crippen LogP contribution in [0.3, 0.4) is 0 Å². The molecule has 0 unspecified atom stereocenters. The van der Waals surface area contributed by atoms with Gasteiger partial charge in [0, 0.05) is 29.9 Å². The number of hydrogen-bond donors (Lipinski definition) is 1. The summed E-state index contributed by atoms with van der Waals surface area (Å²) in [6.07, 6.45) is 1.69. The lowest BCUT2D eigenvalue weighted by Crippen LogP contribution is -2.20. The Morgan fingerprint density at radius 2 is 1.68 bits per heavy atom. The minimum atomic E-state index is -0.234. The molecule has 0 radical (unpaired) electrons. The number of pyridine rings is 1. The van der Waals surface area contributed by atoms with Crippen molar-refractivity contribution in [2.24, 2.45) is 7.05 Å². The number of aromatic nitrogens is 3. The third-order valence-electron chi connectivity index (χ3n) is 5.17. The Bertz CT molecular complexity index is 1340. The fourth-order valence-electron chi connectivity index (χ4n) is 3.43. The molecule has 5 nitrogen and oxygen atoms in total. The standard InChI is InChI=1S/C24H22Cl2N4O/c1-24(2,3)15-7-5-8-16(12-15)28-23-27-13-14-11-17(22(31)30(4)21(14)29-23)20-18(25)9-6-10-19(20)26/h5-13H,1-4H3,(H,27,28,29). The number of rotatable bonds is 3. The van der Waals surface area contributed by atoms with Crippen molar-refractivity contribution in [2.75, 3.05) is 5.32 Å². The second-order valence-corrected chi connectivity index (χ2v) is 9.26. The van der Waals surface area contributed by atoms with Gasteiger partial charge in [-0.1, -0.05) is 62.2 Å². The summed E-state index contributed by atoms with van der Waals surface area (Å²) in [5.41, 5.74) is 3.32. The molecule has 4 rings (SSSR count). The summed E-state index contributed by atoms with van der Waals surface area (Å²) in [6.45, 7) is 6.49. The summed E-state index contributed by atoms with van der Waals surface area (Å²) >= 11 is 12.7. The van der Waals surface area contributed by atoms with Crippen molar-refractivity contribution in [3.63, 3.8) is 0 Å². The summed E-state index contributed by atoms with van der Waals surface area (Å²) in [4.78, 5) is 22.1. The highest BCUT2D eigenvalue weighted by Crippen LogP contribution is 2.34. The van der Waals surface area contributed by atoms with Crippen molar-refractivity contribution >= 4 is 45.9 Å². The van der Waals surface area contributed by atoms with Crippen LogP contribution in [0.1, 0.15) is 26.3 Å². The molecule has 0 saturated heterocycles. The molecular weight excluding hydrogens is 431 g/mol. The maximum absolute atomic E-state index is 13.1. The maximum Gasteiger partial charge on any atom is 0.259 e. The van der Waals surface area contributed by atoms with Gasteiger partial charge in [-0.3, -0.25) is 9.36 Å². The zero-order valence-electron chi connectivity index (χ0n) is 17.7. The largest absolute Gasteiger partial charge is 0.324 e. The summed E-state index contributed by atoms with van der Waals surface area (Å²) in [5.74, 6) is 0.414. The van der Waals surface area contributed by atoms with E-state index in [-0.39, 0.29) is 11.0 Å². The van der Waals surface area contributed by atoms with E-state index in [1.54, 1.807) is 37.5 Å². The fraction of sp³-hybridized carbons (Fsp3) is 0.208. The topological polar surface area (TPSA) is 59.8 Å². The predicted octanol–water partition coefficient (Wildman–Crippen LogP) is 6.34. The van der Waals surface area contributed by atoms with Gasteiger partial charge in [0.25, 0.3) is 5.56 Å². The molecule has 0 fully saturated rings. The van der Waals surface area contributed by atoms with E-state index in [9.17, 15) is 4.79 Å². The van der Waals surface area contributed by atoms with Gasteiger partial charge in [-0.05, 0) is 41.3 Å². The molecule has 0 bridgehead atoms. The molecule has 0 spiro atoms. The first-order valence-corrected chi connectivity index (χ1v) is 10.6. The van der Waals surface area contributed by atoms with Gasteiger partial charge >= 0.3 is 0 Å². The Kier molecular flexibility index (Phi) is 5.50. The van der Waals surface area contributed by atoms with Gasteiger partial charge in [0.2, 0.25) is 5.95 Å². The number of nitrogens with zero attached hydrogens (tertiary/aromatic N) is 3. The lowest BCUT2D eigenvalue weighted by atomic mass is 9.87. The molecule has 0 amide bonds. The third-order valence-corrected chi connectivity index (χ3v) is 5.80. The zero-order valence-corrected chi connectivity index (χ0v) is 19.2. The lowest BCUT2D eigenvalue weighted by molar-refractivity contribution is 0.590. The lowest BCUT2D eigenvalue weighted by Gasteiger charge is -2.20. The highest BCUT2D eigenvalue weighted by atomic mass is 35.5. The summed E-state index contributed by atoms with van der Waals surface area (Å²) < 4.78 is 1.49. The highest BCUT2D eigenvalue weighted by molar-refractivity contribution is 6.39. The van der Waals surface area contributed by atoms with Crippen molar-refractivity contribution in [3.8, 4) is 11.1 Å². The van der Waals surface area contributed by atoms with E-state index >= 15 is 0 Å². The number of halogens is 2. The molecule has 7 heteroatoms. The first kappa shape index (κ1) is 21.3. The first-order valence-electron chi connectivity index (χ1n) is 9.84. The van der Waals surface area contributed by atoms with E-state index in [1.807, 2.05) is 12.1 Å². The number of benzene rings is 2. The molecule has 0 aliphatic rings. The number of nitrogens with one attached hydrogen (secondary N) is 1. The van der Waals surface area contributed by atoms with Crippen LogP contribution in [0.4, 0.5) is 11.6 Å². The fourth-order valence-corrected chi connectivity index (χ4v) is 4.03. The quantitative estimate of drug-likeness (QED) is 0.393. The summed E-state index contributed by atoms with van der Waals surface area (Å²) in [6, 6.07) is 15.0. The van der Waals surface area contributed by atoms with Crippen LogP contribution < -0.4 is 10.9 Å². The Labute approximate surface area is 190 Å². The number of aryl methyl sites for hydroxylation is 1. The van der Waals surface area contributed by atoms with E-state index in [0.717, 1.165) is 5.69 Å². The molecule has 4 aromatic rings. The van der Waals surface area contributed by atoms with Gasteiger partial charge in [-0.25, -0.2) is 4.98 Å². The second-order valence-electron chi connectivity index (χ2n) is 8.45. The van der Waals surface area contributed by atoms with Crippen molar-refractivity contribution in [1.82, 2.24) is 14.5 Å². The normalized spacial score (nSPS) is 11.7. The number of fused-ring (bicyclic) bond motifs is 1. The van der Waals surface area contributed by atoms with Crippen LogP contribution in [0.15, 0.2) is 59.5 Å². The van der Waals surface area contributed by atoms with Crippen LogP contribution in [0.25, 0.3) is 22.2 Å².